The first kappa shape index (κ1) is 18.3. The summed E-state index contributed by atoms with van der Waals surface area (Å²) in [6.45, 7) is 0. The summed E-state index contributed by atoms with van der Waals surface area (Å²) in [7, 11) is 0. The summed E-state index contributed by atoms with van der Waals surface area (Å²) < 4.78 is 6.41. The normalized spacial score (nSPS) is 12.6. The van der Waals surface area contributed by atoms with Gasteiger partial charge in [0.1, 0.15) is 11.3 Å². The summed E-state index contributed by atoms with van der Waals surface area (Å²) in [5, 5.41) is 3.58. The maximum Gasteiger partial charge on any atom is 0.139 e. The van der Waals surface area contributed by atoms with Crippen LogP contribution >= 0.6 is 0 Å². The van der Waals surface area contributed by atoms with Crippen molar-refractivity contribution in [3.05, 3.63) is 109 Å². The van der Waals surface area contributed by atoms with Crippen molar-refractivity contribution in [3.63, 3.8) is 0 Å². The first-order valence-corrected chi connectivity index (χ1v) is 11.3. The highest BCUT2D eigenvalue weighted by molar-refractivity contribution is 6.04. The van der Waals surface area contributed by atoms with Crippen LogP contribution in [0.4, 0.5) is 0 Å². The second kappa shape index (κ2) is 7.14. The van der Waals surface area contributed by atoms with E-state index >= 15 is 0 Å². The van der Waals surface area contributed by atoms with E-state index in [1.54, 1.807) is 0 Å². The summed E-state index contributed by atoms with van der Waals surface area (Å²) in [5.41, 5.74) is 9.06. The smallest absolute Gasteiger partial charge is 0.139 e. The molecule has 0 radical (unpaired) electrons. The van der Waals surface area contributed by atoms with Gasteiger partial charge >= 0.3 is 0 Å². The SMILES string of the molecule is c1ccc(-c2cc(-c3nccc4oc5c(c34)CCc3cnccc3-5)cc3ccccc23)cc1. The van der Waals surface area contributed by atoms with E-state index in [1.165, 1.54) is 33.0 Å². The number of aromatic nitrogens is 2. The van der Waals surface area contributed by atoms with Crippen molar-refractivity contribution in [1.29, 1.82) is 0 Å². The standard InChI is InChI=1S/C30H20N2O/c1-2-6-19(7-3-1)26-17-22(16-20-8-4-5-9-23(20)26)29-28-25-11-10-21-18-31-14-12-24(21)30(25)33-27(28)13-15-32-29/h1-9,12-18H,10-11H2. The summed E-state index contributed by atoms with van der Waals surface area (Å²) in [6.07, 6.45) is 7.55. The maximum absolute atomic E-state index is 6.41. The number of benzene rings is 3. The fraction of sp³-hybridized carbons (Fsp3) is 0.0667. The van der Waals surface area contributed by atoms with Crippen LogP contribution in [0.5, 0.6) is 0 Å². The molecule has 0 amide bonds. The zero-order valence-corrected chi connectivity index (χ0v) is 18.0. The quantitative estimate of drug-likeness (QED) is 0.289. The topological polar surface area (TPSA) is 38.9 Å². The van der Waals surface area contributed by atoms with E-state index in [1.807, 2.05) is 24.7 Å². The van der Waals surface area contributed by atoms with Gasteiger partial charge < -0.3 is 4.42 Å². The summed E-state index contributed by atoms with van der Waals surface area (Å²) in [4.78, 5) is 9.19. The molecule has 0 fully saturated rings. The van der Waals surface area contributed by atoms with Gasteiger partial charge in [0.25, 0.3) is 0 Å². The van der Waals surface area contributed by atoms with Gasteiger partial charge in [-0.05, 0) is 64.6 Å². The van der Waals surface area contributed by atoms with Gasteiger partial charge in [0.05, 0.1) is 11.1 Å². The van der Waals surface area contributed by atoms with Crippen molar-refractivity contribution in [2.45, 2.75) is 12.8 Å². The second-order valence-corrected chi connectivity index (χ2v) is 8.59. The van der Waals surface area contributed by atoms with Crippen LogP contribution in [0.2, 0.25) is 0 Å². The zero-order valence-electron chi connectivity index (χ0n) is 18.0. The molecule has 3 heteroatoms. The Balaban J connectivity index is 1.52. The summed E-state index contributed by atoms with van der Waals surface area (Å²) in [6, 6.07) is 27.7. The molecule has 1 aliphatic carbocycles. The van der Waals surface area contributed by atoms with Crippen LogP contribution in [0.25, 0.3) is 55.4 Å². The van der Waals surface area contributed by atoms with Crippen LogP contribution in [-0.4, -0.2) is 9.97 Å². The Morgan fingerprint density at radius 3 is 2.55 bits per heavy atom. The molecule has 3 heterocycles. The number of aryl methyl sites for hydroxylation is 2. The van der Waals surface area contributed by atoms with Crippen molar-refractivity contribution >= 4 is 21.7 Å². The second-order valence-electron chi connectivity index (χ2n) is 8.59. The van der Waals surface area contributed by atoms with Gasteiger partial charge in [-0.1, -0.05) is 54.6 Å². The predicted molar refractivity (Wildman–Crippen MR) is 133 cm³/mol. The van der Waals surface area contributed by atoms with E-state index in [0.717, 1.165) is 46.4 Å². The molecule has 0 unspecified atom stereocenters. The minimum Gasteiger partial charge on any atom is -0.456 e. The van der Waals surface area contributed by atoms with Crippen molar-refractivity contribution < 1.29 is 4.42 Å². The van der Waals surface area contributed by atoms with Crippen molar-refractivity contribution in [2.24, 2.45) is 0 Å². The maximum atomic E-state index is 6.41. The summed E-state index contributed by atoms with van der Waals surface area (Å²) in [5.74, 6) is 0.965. The van der Waals surface area contributed by atoms with Gasteiger partial charge in [-0.15, -0.1) is 0 Å². The molecular weight excluding hydrogens is 404 g/mol. The molecule has 3 aromatic heterocycles. The first-order chi connectivity index (χ1) is 16.4. The average molecular weight is 425 g/mol. The fourth-order valence-corrected chi connectivity index (χ4v) is 5.19. The lowest BCUT2D eigenvalue weighted by molar-refractivity contribution is 0.620. The molecule has 0 spiro atoms. The third kappa shape index (κ3) is 2.82. The molecule has 0 atom stereocenters. The lowest BCUT2D eigenvalue weighted by atomic mass is 9.89. The van der Waals surface area contributed by atoms with E-state index in [2.05, 4.69) is 77.8 Å². The van der Waals surface area contributed by atoms with Gasteiger partial charge in [-0.25, -0.2) is 0 Å². The third-order valence-corrected chi connectivity index (χ3v) is 6.71. The van der Waals surface area contributed by atoms with E-state index < -0.39 is 0 Å². The van der Waals surface area contributed by atoms with Crippen LogP contribution in [0.15, 0.2) is 102 Å². The van der Waals surface area contributed by atoms with Gasteiger partial charge in [0, 0.05) is 35.3 Å². The molecule has 3 nitrogen and oxygen atoms in total. The lowest BCUT2D eigenvalue weighted by Gasteiger charge is -2.15. The molecule has 1 aliphatic rings. The van der Waals surface area contributed by atoms with Crippen LogP contribution in [-0.2, 0) is 12.8 Å². The molecule has 0 saturated carbocycles. The molecule has 156 valence electrons. The molecule has 7 rings (SSSR count). The highest BCUT2D eigenvalue weighted by atomic mass is 16.3. The van der Waals surface area contributed by atoms with Gasteiger partial charge in [-0.2, -0.15) is 0 Å². The number of pyridine rings is 2. The first-order valence-electron chi connectivity index (χ1n) is 11.3. The Labute approximate surface area is 191 Å². The number of fused-ring (bicyclic) bond motifs is 6. The number of furan rings is 1. The molecule has 0 aliphatic heterocycles. The molecule has 0 saturated heterocycles. The Morgan fingerprint density at radius 2 is 1.61 bits per heavy atom. The fourth-order valence-electron chi connectivity index (χ4n) is 5.19. The van der Waals surface area contributed by atoms with Gasteiger partial charge in [0.2, 0.25) is 0 Å². The number of hydrogen-bond donors (Lipinski definition) is 0. The van der Waals surface area contributed by atoms with Gasteiger partial charge in [0.15, 0.2) is 0 Å². The molecule has 0 bridgehead atoms. The average Bonchev–Trinajstić information content (AvgIpc) is 3.28. The molecule has 3 aromatic carbocycles. The van der Waals surface area contributed by atoms with E-state index in [-0.39, 0.29) is 0 Å². The Morgan fingerprint density at radius 1 is 0.727 bits per heavy atom. The minimum absolute atomic E-state index is 0.893. The van der Waals surface area contributed by atoms with E-state index in [0.29, 0.717) is 0 Å². The predicted octanol–water partition coefficient (Wildman–Crippen LogP) is 7.48. The summed E-state index contributed by atoms with van der Waals surface area (Å²) >= 11 is 0. The molecular formula is C30H20N2O. The number of nitrogens with zero attached hydrogens (tertiary/aromatic N) is 2. The molecule has 6 aromatic rings. The van der Waals surface area contributed by atoms with Crippen LogP contribution in [0, 0.1) is 0 Å². The largest absolute Gasteiger partial charge is 0.456 e. The highest BCUT2D eigenvalue weighted by Gasteiger charge is 2.25. The van der Waals surface area contributed by atoms with Crippen LogP contribution in [0.3, 0.4) is 0 Å². The van der Waals surface area contributed by atoms with Gasteiger partial charge in [-0.3, -0.25) is 9.97 Å². The zero-order chi connectivity index (χ0) is 21.8. The van der Waals surface area contributed by atoms with Crippen LogP contribution < -0.4 is 0 Å². The minimum atomic E-state index is 0.893. The molecule has 0 N–H and O–H groups in total. The third-order valence-electron chi connectivity index (χ3n) is 6.71. The Hall–Kier alpha value is -4.24. The lowest BCUT2D eigenvalue weighted by Crippen LogP contribution is -2.02. The Kier molecular flexibility index (Phi) is 3.97. The monoisotopic (exact) mass is 424 g/mol. The van der Waals surface area contributed by atoms with Crippen molar-refractivity contribution in [1.82, 2.24) is 9.97 Å². The van der Waals surface area contributed by atoms with Crippen molar-refractivity contribution in [3.8, 4) is 33.7 Å². The van der Waals surface area contributed by atoms with Crippen LogP contribution in [0.1, 0.15) is 11.1 Å². The number of rotatable bonds is 2. The van der Waals surface area contributed by atoms with E-state index in [4.69, 9.17) is 9.40 Å². The number of hydrogen-bond acceptors (Lipinski definition) is 3. The van der Waals surface area contributed by atoms with E-state index in [9.17, 15) is 0 Å². The van der Waals surface area contributed by atoms with Crippen molar-refractivity contribution in [2.75, 3.05) is 0 Å². The Bertz CT molecular complexity index is 1660. The molecule has 33 heavy (non-hydrogen) atoms. The highest BCUT2D eigenvalue weighted by Crippen LogP contribution is 2.43.